The molecule has 0 radical (unpaired) electrons. The summed E-state index contributed by atoms with van der Waals surface area (Å²) in [4.78, 5) is 11.5. The van der Waals surface area contributed by atoms with Crippen molar-refractivity contribution in [2.24, 2.45) is 15.9 Å². The number of para-hydroxylation sites is 1. The van der Waals surface area contributed by atoms with E-state index in [0.29, 0.717) is 5.84 Å². The second kappa shape index (κ2) is 14.4. The van der Waals surface area contributed by atoms with Gasteiger partial charge < -0.3 is 8.98 Å². The fourth-order valence-electron chi connectivity index (χ4n) is 9.44. The lowest BCUT2D eigenvalue weighted by atomic mass is 9.94. The van der Waals surface area contributed by atoms with Gasteiger partial charge in [-0.2, -0.15) is 0 Å². The van der Waals surface area contributed by atoms with Crippen LogP contribution in [-0.2, 0) is 0 Å². The SMILES string of the molecule is CCC(C)/C(=N\C(=N/c1cc2c(cc1-n1c3cc4ccccc4cc3c3ccc4ccccc4c31)oc1ccccc12)c1ccc2ccccc2c1)c1ccc2ccccc2c1. The third-order valence-electron chi connectivity index (χ3n) is 12.8. The van der Waals surface area contributed by atoms with Gasteiger partial charge in [-0.25, -0.2) is 9.98 Å². The Labute approximate surface area is 358 Å². The summed E-state index contributed by atoms with van der Waals surface area (Å²) < 4.78 is 9.10. The first-order valence-corrected chi connectivity index (χ1v) is 21.5. The summed E-state index contributed by atoms with van der Waals surface area (Å²) in [5, 5.41) is 13.9. The molecular weight excluding hydrogens is 755 g/mol. The molecule has 0 aliphatic heterocycles. The van der Waals surface area contributed by atoms with Gasteiger partial charge in [0.05, 0.1) is 28.1 Å². The second-order valence-electron chi connectivity index (χ2n) is 16.5. The van der Waals surface area contributed by atoms with E-state index in [4.69, 9.17) is 14.4 Å². The van der Waals surface area contributed by atoms with Gasteiger partial charge in [-0.05, 0) is 92.0 Å². The molecule has 0 aliphatic carbocycles. The van der Waals surface area contributed by atoms with Crippen LogP contribution in [0.2, 0.25) is 0 Å². The molecule has 0 bridgehead atoms. The molecular formula is C58H41N3O. The Morgan fingerprint density at radius 3 is 1.79 bits per heavy atom. The molecule has 62 heavy (non-hydrogen) atoms. The zero-order valence-corrected chi connectivity index (χ0v) is 34.5. The molecule has 12 rings (SSSR count). The van der Waals surface area contributed by atoms with Gasteiger partial charge in [0.2, 0.25) is 0 Å². The summed E-state index contributed by atoms with van der Waals surface area (Å²) in [5.74, 6) is 0.822. The number of aliphatic imine (C=N–C) groups is 2. The highest BCUT2D eigenvalue weighted by Gasteiger charge is 2.22. The van der Waals surface area contributed by atoms with Crippen LogP contribution >= 0.6 is 0 Å². The molecule has 12 aromatic rings. The third kappa shape index (κ3) is 5.90. The average molecular weight is 796 g/mol. The molecule has 0 spiro atoms. The van der Waals surface area contributed by atoms with Gasteiger partial charge in [-0.3, -0.25) is 0 Å². The summed E-state index contributed by atoms with van der Waals surface area (Å²) in [5.41, 5.74) is 8.68. The number of benzene rings is 10. The van der Waals surface area contributed by atoms with Crippen molar-refractivity contribution in [3.63, 3.8) is 0 Å². The maximum Gasteiger partial charge on any atom is 0.160 e. The van der Waals surface area contributed by atoms with Crippen LogP contribution in [0.3, 0.4) is 0 Å². The molecule has 0 amide bonds. The van der Waals surface area contributed by atoms with E-state index in [1.165, 1.54) is 48.5 Å². The van der Waals surface area contributed by atoms with Gasteiger partial charge in [0.25, 0.3) is 0 Å². The first kappa shape index (κ1) is 36.1. The van der Waals surface area contributed by atoms with Crippen molar-refractivity contribution in [2.75, 3.05) is 0 Å². The van der Waals surface area contributed by atoms with Crippen molar-refractivity contribution >= 4 is 104 Å². The van der Waals surface area contributed by atoms with Crippen LogP contribution in [0.15, 0.2) is 209 Å². The zero-order chi connectivity index (χ0) is 41.3. The van der Waals surface area contributed by atoms with Crippen LogP contribution in [0.4, 0.5) is 5.69 Å². The van der Waals surface area contributed by atoms with Crippen molar-refractivity contribution in [1.29, 1.82) is 0 Å². The summed E-state index contributed by atoms with van der Waals surface area (Å²) in [7, 11) is 0. The molecule has 294 valence electrons. The number of hydrogen-bond acceptors (Lipinski definition) is 2. The molecule has 1 atom stereocenters. The standard InChI is InChI=1S/C58H41N3O/c1-3-36(2)56(44-26-24-37-14-4-6-17-40(37)30-44)60-58(45-27-25-38-15-5-7-18-41(38)31-45)59-51-34-50-47-22-12-13-23-54(47)62-55(50)35-53(51)61-52-33-43-20-9-8-19-42(43)32-49(52)48-29-28-39-16-10-11-21-46(39)57(48)61/h4-36H,3H2,1-2H3/b59-58-,60-56+. The number of nitrogens with zero attached hydrogens (tertiary/aromatic N) is 3. The van der Waals surface area contributed by atoms with Gasteiger partial charge in [-0.1, -0.05) is 166 Å². The van der Waals surface area contributed by atoms with E-state index in [2.05, 4.69) is 200 Å². The number of rotatable bonds is 6. The quantitative estimate of drug-likeness (QED) is 0.122. The predicted molar refractivity (Wildman–Crippen MR) is 263 cm³/mol. The molecule has 2 heterocycles. The Balaban J connectivity index is 1.22. The number of aromatic nitrogens is 1. The van der Waals surface area contributed by atoms with Crippen LogP contribution in [0.1, 0.15) is 31.4 Å². The highest BCUT2D eigenvalue weighted by Crippen LogP contribution is 2.43. The minimum atomic E-state index is 0.165. The molecule has 4 heteroatoms. The second-order valence-corrected chi connectivity index (χ2v) is 16.5. The normalized spacial score (nSPS) is 13.2. The number of hydrogen-bond donors (Lipinski definition) is 0. The van der Waals surface area contributed by atoms with Crippen molar-refractivity contribution < 1.29 is 4.42 Å². The van der Waals surface area contributed by atoms with Crippen LogP contribution < -0.4 is 0 Å². The summed E-state index contributed by atoms with van der Waals surface area (Å²) in [6.07, 6.45) is 0.928. The maximum absolute atomic E-state index is 6.68. The minimum Gasteiger partial charge on any atom is -0.456 e. The largest absolute Gasteiger partial charge is 0.456 e. The highest BCUT2D eigenvalue weighted by molar-refractivity contribution is 6.22. The van der Waals surface area contributed by atoms with Crippen molar-refractivity contribution in [3.8, 4) is 5.69 Å². The van der Waals surface area contributed by atoms with E-state index in [0.717, 1.165) is 73.0 Å². The van der Waals surface area contributed by atoms with Gasteiger partial charge in [0, 0.05) is 38.6 Å². The van der Waals surface area contributed by atoms with Crippen molar-refractivity contribution in [3.05, 3.63) is 205 Å². The fourth-order valence-corrected chi connectivity index (χ4v) is 9.44. The number of amidine groups is 1. The molecule has 2 aromatic heterocycles. The van der Waals surface area contributed by atoms with Crippen molar-refractivity contribution in [2.45, 2.75) is 20.3 Å². The van der Waals surface area contributed by atoms with E-state index < -0.39 is 0 Å². The lowest BCUT2D eigenvalue weighted by Gasteiger charge is -2.17. The molecule has 0 saturated carbocycles. The maximum atomic E-state index is 6.68. The Morgan fingerprint density at radius 2 is 1.06 bits per heavy atom. The topological polar surface area (TPSA) is 42.8 Å². The smallest absolute Gasteiger partial charge is 0.160 e. The Kier molecular flexibility index (Phi) is 8.39. The van der Waals surface area contributed by atoms with Crippen LogP contribution in [-0.4, -0.2) is 16.1 Å². The Bertz CT molecular complexity index is 3830. The molecule has 0 N–H and O–H groups in total. The van der Waals surface area contributed by atoms with Gasteiger partial charge >= 0.3 is 0 Å². The summed E-state index contributed by atoms with van der Waals surface area (Å²) in [6.45, 7) is 4.51. The van der Waals surface area contributed by atoms with E-state index in [-0.39, 0.29) is 5.92 Å². The van der Waals surface area contributed by atoms with Gasteiger partial charge in [0.1, 0.15) is 11.2 Å². The predicted octanol–water partition coefficient (Wildman–Crippen LogP) is 15.9. The third-order valence-corrected chi connectivity index (χ3v) is 12.8. The molecule has 0 fully saturated rings. The van der Waals surface area contributed by atoms with Gasteiger partial charge in [-0.15, -0.1) is 0 Å². The van der Waals surface area contributed by atoms with Gasteiger partial charge in [0.15, 0.2) is 5.84 Å². The van der Waals surface area contributed by atoms with Crippen LogP contribution in [0.25, 0.3) is 92.5 Å². The van der Waals surface area contributed by atoms with E-state index >= 15 is 0 Å². The molecule has 4 nitrogen and oxygen atoms in total. The molecule has 10 aromatic carbocycles. The highest BCUT2D eigenvalue weighted by atomic mass is 16.3. The minimum absolute atomic E-state index is 0.165. The van der Waals surface area contributed by atoms with Crippen LogP contribution in [0.5, 0.6) is 0 Å². The van der Waals surface area contributed by atoms with E-state index in [1.807, 2.05) is 12.1 Å². The van der Waals surface area contributed by atoms with Crippen molar-refractivity contribution in [1.82, 2.24) is 4.57 Å². The molecule has 0 aliphatic rings. The number of furan rings is 1. The number of fused-ring (bicyclic) bond motifs is 11. The van der Waals surface area contributed by atoms with E-state index in [1.54, 1.807) is 0 Å². The lowest BCUT2D eigenvalue weighted by Crippen LogP contribution is -2.15. The van der Waals surface area contributed by atoms with E-state index in [9.17, 15) is 0 Å². The summed E-state index contributed by atoms with van der Waals surface area (Å²) >= 11 is 0. The van der Waals surface area contributed by atoms with Crippen LogP contribution in [0, 0.1) is 5.92 Å². The zero-order valence-electron chi connectivity index (χ0n) is 34.5. The fraction of sp³-hybridized carbons (Fsp3) is 0.0690. The lowest BCUT2D eigenvalue weighted by molar-refractivity contribution is 0.668. The Hall–Kier alpha value is -7.82. The molecule has 0 saturated heterocycles. The Morgan fingerprint density at radius 1 is 0.484 bits per heavy atom. The molecule has 1 unspecified atom stereocenters. The summed E-state index contributed by atoms with van der Waals surface area (Å²) in [6, 6.07) is 69.6. The average Bonchev–Trinajstić information content (AvgIpc) is 3.85. The first-order chi connectivity index (χ1) is 30.6. The monoisotopic (exact) mass is 795 g/mol. The first-order valence-electron chi connectivity index (χ1n) is 21.5.